The average molecular weight is 579 g/mol. The third-order valence-corrected chi connectivity index (χ3v) is 12.5. The Morgan fingerprint density at radius 2 is 2.00 bits per heavy atom. The van der Waals surface area contributed by atoms with Crippen LogP contribution in [0, 0.1) is 0 Å². The molecule has 0 aromatic heterocycles. The first-order valence-electron chi connectivity index (χ1n) is 14.9. The van der Waals surface area contributed by atoms with Gasteiger partial charge in [-0.1, -0.05) is 64.2 Å². The molecule has 2 rings (SSSR count). The zero-order valence-corrected chi connectivity index (χ0v) is 27.2. The van der Waals surface area contributed by atoms with Crippen LogP contribution in [0.25, 0.3) is 0 Å². The summed E-state index contributed by atoms with van der Waals surface area (Å²) in [5, 5.41) is 0.0735. The SMILES string of the molecule is C=C(CCC[C@@H]1CC=C[C@@H](CC=O)O1)CC(/C=C/C[C@H](OC(=O)CC)[C@H]1COC(C)(C)O1)O[Si](C)(C)C(C)(C)C. The maximum absolute atomic E-state index is 12.1. The van der Waals surface area contributed by atoms with Gasteiger partial charge in [0.05, 0.1) is 24.9 Å². The Labute approximate surface area is 243 Å². The molecule has 0 N–H and O–H groups in total. The van der Waals surface area contributed by atoms with E-state index in [0.29, 0.717) is 25.9 Å². The van der Waals surface area contributed by atoms with Crippen LogP contribution in [0.4, 0.5) is 0 Å². The van der Waals surface area contributed by atoms with E-state index in [4.69, 9.17) is 23.4 Å². The Kier molecular flexibility index (Phi) is 13.5. The molecule has 1 fully saturated rings. The van der Waals surface area contributed by atoms with Crippen molar-refractivity contribution in [2.24, 2.45) is 0 Å². The lowest BCUT2D eigenvalue weighted by Gasteiger charge is -2.39. The topological polar surface area (TPSA) is 80.3 Å². The second-order valence-electron chi connectivity index (χ2n) is 13.0. The van der Waals surface area contributed by atoms with Crippen LogP contribution in [-0.4, -0.2) is 63.5 Å². The van der Waals surface area contributed by atoms with Gasteiger partial charge in [-0.2, -0.15) is 0 Å². The molecular weight excluding hydrogens is 524 g/mol. The second kappa shape index (κ2) is 15.6. The van der Waals surface area contributed by atoms with E-state index in [1.807, 2.05) is 19.9 Å². The summed E-state index contributed by atoms with van der Waals surface area (Å²) in [5.74, 6) is -0.935. The molecule has 8 heteroatoms. The van der Waals surface area contributed by atoms with Gasteiger partial charge >= 0.3 is 5.97 Å². The molecular formula is C32H54O7Si. The van der Waals surface area contributed by atoms with Crippen molar-refractivity contribution in [3.63, 3.8) is 0 Å². The van der Waals surface area contributed by atoms with Crippen molar-refractivity contribution in [3.05, 3.63) is 36.5 Å². The average Bonchev–Trinajstić information content (AvgIpc) is 3.22. The first kappa shape index (κ1) is 34.6. The molecule has 228 valence electrons. The maximum Gasteiger partial charge on any atom is 0.305 e. The van der Waals surface area contributed by atoms with Crippen LogP contribution in [0.2, 0.25) is 18.1 Å². The van der Waals surface area contributed by atoms with Crippen LogP contribution in [0.5, 0.6) is 0 Å². The van der Waals surface area contributed by atoms with Crippen molar-refractivity contribution in [1.82, 2.24) is 0 Å². The first-order valence-corrected chi connectivity index (χ1v) is 17.8. The predicted molar refractivity (Wildman–Crippen MR) is 162 cm³/mol. The molecule has 7 nitrogen and oxygen atoms in total. The fourth-order valence-electron chi connectivity index (χ4n) is 4.61. The lowest BCUT2D eigenvalue weighted by molar-refractivity contribution is -0.170. The molecule has 0 aromatic carbocycles. The van der Waals surface area contributed by atoms with Crippen LogP contribution in [0.15, 0.2) is 36.5 Å². The van der Waals surface area contributed by atoms with Crippen molar-refractivity contribution in [2.45, 2.75) is 147 Å². The number of aldehydes is 1. The minimum absolute atomic E-state index is 0.0735. The summed E-state index contributed by atoms with van der Waals surface area (Å²) in [5.41, 5.74) is 1.15. The van der Waals surface area contributed by atoms with Gasteiger partial charge in [0.2, 0.25) is 0 Å². The van der Waals surface area contributed by atoms with E-state index in [2.05, 4.69) is 58.7 Å². The van der Waals surface area contributed by atoms with Crippen LogP contribution in [-0.2, 0) is 33.0 Å². The molecule has 0 spiro atoms. The Hall–Kier alpha value is -1.58. The molecule has 0 aromatic rings. The van der Waals surface area contributed by atoms with Gasteiger partial charge < -0.3 is 28.2 Å². The van der Waals surface area contributed by atoms with Crippen molar-refractivity contribution in [1.29, 1.82) is 0 Å². The minimum Gasteiger partial charge on any atom is -0.459 e. The predicted octanol–water partition coefficient (Wildman–Crippen LogP) is 7.22. The molecule has 0 radical (unpaired) electrons. The molecule has 0 aliphatic carbocycles. The normalized spacial score (nSPS) is 24.6. The van der Waals surface area contributed by atoms with Crippen molar-refractivity contribution in [3.8, 4) is 0 Å². The molecule has 2 heterocycles. The summed E-state index contributed by atoms with van der Waals surface area (Å²) in [7, 11) is -2.04. The summed E-state index contributed by atoms with van der Waals surface area (Å²) >= 11 is 0. The Morgan fingerprint density at radius 1 is 1.27 bits per heavy atom. The number of carbonyl (C=O) groups is 2. The fourth-order valence-corrected chi connectivity index (χ4v) is 5.88. The minimum atomic E-state index is -2.04. The van der Waals surface area contributed by atoms with Gasteiger partial charge in [0, 0.05) is 19.3 Å². The Bertz CT molecular complexity index is 886. The van der Waals surface area contributed by atoms with E-state index in [1.54, 1.807) is 6.92 Å². The molecule has 2 aliphatic heterocycles. The quantitative estimate of drug-likeness (QED) is 0.0828. The lowest BCUT2D eigenvalue weighted by Crippen LogP contribution is -2.43. The highest BCUT2D eigenvalue weighted by atomic mass is 28.4. The summed E-state index contributed by atoms with van der Waals surface area (Å²) < 4.78 is 30.3. The van der Waals surface area contributed by atoms with E-state index in [1.165, 1.54) is 0 Å². The van der Waals surface area contributed by atoms with E-state index in [-0.39, 0.29) is 35.4 Å². The molecule has 1 saturated heterocycles. The van der Waals surface area contributed by atoms with Gasteiger partial charge in [0.1, 0.15) is 18.5 Å². The van der Waals surface area contributed by atoms with Crippen LogP contribution in [0.1, 0.15) is 92.9 Å². The molecule has 0 saturated carbocycles. The third-order valence-electron chi connectivity index (χ3n) is 7.98. The van der Waals surface area contributed by atoms with Gasteiger partial charge in [0.25, 0.3) is 0 Å². The lowest BCUT2D eigenvalue weighted by atomic mass is 9.99. The Balaban J connectivity index is 2.02. The van der Waals surface area contributed by atoms with Crippen LogP contribution < -0.4 is 0 Å². The summed E-state index contributed by atoms with van der Waals surface area (Å²) in [6.45, 7) is 21.6. The third kappa shape index (κ3) is 11.7. The zero-order valence-electron chi connectivity index (χ0n) is 26.2. The van der Waals surface area contributed by atoms with Crippen molar-refractivity contribution < 1.29 is 33.0 Å². The van der Waals surface area contributed by atoms with Crippen molar-refractivity contribution in [2.75, 3.05) is 6.61 Å². The van der Waals surface area contributed by atoms with Gasteiger partial charge in [-0.05, 0) is 64.1 Å². The highest BCUT2D eigenvalue weighted by molar-refractivity contribution is 6.74. The molecule has 2 aliphatic rings. The standard InChI is InChI=1S/C32H54O7Si/c1-10-30(34)37-28(29-23-35-32(6,7)38-29)19-13-18-27(39-40(8,9)31(3,4)5)22-24(2)14-11-15-25-16-12-17-26(36-25)20-21-33/h12-13,17-18,21,25-29H,2,10-11,14-16,19-20,22-23H2,1,3-9H3/b18-13+/t25-,26+,27?,28+,29-/m1/s1. The monoisotopic (exact) mass is 578 g/mol. The summed E-state index contributed by atoms with van der Waals surface area (Å²) in [6.07, 6.45) is 14.1. The van der Waals surface area contributed by atoms with E-state index in [0.717, 1.165) is 44.0 Å². The van der Waals surface area contributed by atoms with Gasteiger partial charge in [-0.25, -0.2) is 0 Å². The molecule has 0 bridgehead atoms. The second-order valence-corrected chi connectivity index (χ2v) is 17.8. The smallest absolute Gasteiger partial charge is 0.305 e. The van der Waals surface area contributed by atoms with Gasteiger partial charge in [-0.15, -0.1) is 0 Å². The largest absolute Gasteiger partial charge is 0.459 e. The highest BCUT2D eigenvalue weighted by Crippen LogP contribution is 2.38. The summed E-state index contributed by atoms with van der Waals surface area (Å²) in [4.78, 5) is 23.0. The summed E-state index contributed by atoms with van der Waals surface area (Å²) in [6, 6.07) is 0. The Morgan fingerprint density at radius 3 is 2.60 bits per heavy atom. The zero-order chi connectivity index (χ0) is 30.0. The molecule has 1 unspecified atom stereocenters. The number of ether oxygens (including phenoxy) is 4. The number of hydrogen-bond acceptors (Lipinski definition) is 7. The van der Waals surface area contributed by atoms with Crippen LogP contribution in [0.3, 0.4) is 0 Å². The maximum atomic E-state index is 12.1. The van der Waals surface area contributed by atoms with Gasteiger partial charge in [0.15, 0.2) is 14.1 Å². The number of rotatable bonds is 16. The first-order chi connectivity index (χ1) is 18.7. The number of carbonyl (C=O) groups excluding carboxylic acids is 2. The molecule has 0 amide bonds. The van der Waals surface area contributed by atoms with Crippen LogP contribution >= 0.6 is 0 Å². The fraction of sp³-hybridized carbons (Fsp3) is 0.750. The van der Waals surface area contributed by atoms with Crippen molar-refractivity contribution >= 4 is 20.6 Å². The van der Waals surface area contributed by atoms with E-state index >= 15 is 0 Å². The number of hydrogen-bond donors (Lipinski definition) is 0. The van der Waals surface area contributed by atoms with E-state index < -0.39 is 20.2 Å². The van der Waals surface area contributed by atoms with Gasteiger partial charge in [-0.3, -0.25) is 4.79 Å². The molecule has 5 atom stereocenters. The number of esters is 1. The van der Waals surface area contributed by atoms with E-state index in [9.17, 15) is 9.59 Å². The highest BCUT2D eigenvalue weighted by Gasteiger charge is 2.40. The molecule has 40 heavy (non-hydrogen) atoms.